The van der Waals surface area contributed by atoms with E-state index in [2.05, 4.69) is 4.74 Å². The Labute approximate surface area is 107 Å². The molecule has 1 aromatic carbocycles. The summed E-state index contributed by atoms with van der Waals surface area (Å²) >= 11 is 0. The first-order valence-corrected chi connectivity index (χ1v) is 6.17. The monoisotopic (exact) mass is 252 g/mol. The zero-order valence-corrected chi connectivity index (χ0v) is 10.6. The van der Waals surface area contributed by atoms with E-state index >= 15 is 0 Å². The number of aryl methyl sites for hydroxylation is 1. The zero-order valence-electron chi connectivity index (χ0n) is 10.6. The third kappa shape index (κ3) is 5.19. The molecule has 0 aromatic heterocycles. The minimum atomic E-state index is -0.997. The molecule has 2 N–H and O–H groups in total. The van der Waals surface area contributed by atoms with E-state index in [9.17, 15) is 9.90 Å². The maximum Gasteiger partial charge on any atom is 0.334 e. The number of carbonyl (C=O) groups is 1. The molecular formula is C14H20O4. The van der Waals surface area contributed by atoms with Crippen molar-refractivity contribution in [2.75, 3.05) is 7.11 Å². The molecule has 1 unspecified atom stereocenters. The summed E-state index contributed by atoms with van der Waals surface area (Å²) in [6, 6.07) is 7.16. The summed E-state index contributed by atoms with van der Waals surface area (Å²) < 4.78 is 4.44. The number of aliphatic hydroxyl groups is 1. The van der Waals surface area contributed by atoms with Gasteiger partial charge in [0, 0.05) is 0 Å². The molecule has 0 saturated heterocycles. The Balaban J connectivity index is 2.12. The van der Waals surface area contributed by atoms with Gasteiger partial charge in [-0.15, -0.1) is 0 Å². The van der Waals surface area contributed by atoms with Crippen molar-refractivity contribution in [1.82, 2.24) is 0 Å². The highest BCUT2D eigenvalue weighted by Crippen LogP contribution is 2.13. The lowest BCUT2D eigenvalue weighted by Gasteiger charge is -2.07. The highest BCUT2D eigenvalue weighted by atomic mass is 16.5. The lowest BCUT2D eigenvalue weighted by atomic mass is 10.0. The Hall–Kier alpha value is -1.55. The van der Waals surface area contributed by atoms with Crippen molar-refractivity contribution in [3.63, 3.8) is 0 Å². The Kier molecular flexibility index (Phi) is 6.22. The van der Waals surface area contributed by atoms with Crippen LogP contribution < -0.4 is 0 Å². The van der Waals surface area contributed by atoms with Crippen LogP contribution in [-0.2, 0) is 16.0 Å². The van der Waals surface area contributed by atoms with Crippen LogP contribution in [0.25, 0.3) is 0 Å². The summed E-state index contributed by atoms with van der Waals surface area (Å²) in [6.07, 6.45) is 3.14. The topological polar surface area (TPSA) is 66.8 Å². The summed E-state index contributed by atoms with van der Waals surface area (Å²) in [5.41, 5.74) is 1.18. The first-order chi connectivity index (χ1) is 8.63. The molecule has 0 saturated carbocycles. The van der Waals surface area contributed by atoms with Gasteiger partial charge in [-0.05, 0) is 37.0 Å². The first-order valence-electron chi connectivity index (χ1n) is 6.17. The van der Waals surface area contributed by atoms with Gasteiger partial charge in [0.05, 0.1) is 7.11 Å². The number of aromatic hydroxyl groups is 1. The predicted molar refractivity (Wildman–Crippen MR) is 68.3 cm³/mol. The summed E-state index contributed by atoms with van der Waals surface area (Å²) in [4.78, 5) is 10.9. The highest BCUT2D eigenvalue weighted by Gasteiger charge is 2.13. The van der Waals surface area contributed by atoms with E-state index in [1.54, 1.807) is 12.1 Å². The average Bonchev–Trinajstić information content (AvgIpc) is 2.39. The van der Waals surface area contributed by atoms with Gasteiger partial charge in [0.15, 0.2) is 6.10 Å². The maximum absolute atomic E-state index is 10.9. The predicted octanol–water partition coefficient (Wildman–Crippen LogP) is 2.03. The minimum absolute atomic E-state index is 0.278. The van der Waals surface area contributed by atoms with E-state index in [1.165, 1.54) is 12.7 Å². The van der Waals surface area contributed by atoms with Crippen LogP contribution in [0, 0.1) is 0 Å². The molecule has 0 aliphatic carbocycles. The summed E-state index contributed by atoms with van der Waals surface area (Å²) in [7, 11) is 1.27. The molecule has 18 heavy (non-hydrogen) atoms. The van der Waals surface area contributed by atoms with Gasteiger partial charge in [-0.25, -0.2) is 4.79 Å². The molecule has 1 atom stereocenters. The lowest BCUT2D eigenvalue weighted by molar-refractivity contribution is -0.150. The van der Waals surface area contributed by atoms with Crippen LogP contribution in [-0.4, -0.2) is 29.4 Å². The number of hydrogen-bond acceptors (Lipinski definition) is 4. The van der Waals surface area contributed by atoms with Crippen LogP contribution in [0.5, 0.6) is 5.75 Å². The Morgan fingerprint density at radius 2 is 1.89 bits per heavy atom. The average molecular weight is 252 g/mol. The highest BCUT2D eigenvalue weighted by molar-refractivity contribution is 5.74. The second kappa shape index (κ2) is 7.71. The van der Waals surface area contributed by atoms with Crippen molar-refractivity contribution in [2.24, 2.45) is 0 Å². The smallest absolute Gasteiger partial charge is 0.334 e. The van der Waals surface area contributed by atoms with Crippen molar-refractivity contribution >= 4 is 5.97 Å². The zero-order chi connectivity index (χ0) is 13.4. The Morgan fingerprint density at radius 1 is 1.22 bits per heavy atom. The first kappa shape index (κ1) is 14.5. The van der Waals surface area contributed by atoms with Gasteiger partial charge in [-0.2, -0.15) is 0 Å². The van der Waals surface area contributed by atoms with E-state index < -0.39 is 12.1 Å². The third-order valence-corrected chi connectivity index (χ3v) is 2.85. The number of rotatable bonds is 7. The van der Waals surface area contributed by atoms with E-state index in [0.717, 1.165) is 25.7 Å². The number of carbonyl (C=O) groups excluding carboxylic acids is 1. The SMILES string of the molecule is COC(=O)C(O)CCCCCc1ccc(O)cc1. The molecule has 100 valence electrons. The Bertz CT molecular complexity index is 359. The molecule has 0 amide bonds. The van der Waals surface area contributed by atoms with Crippen LogP contribution >= 0.6 is 0 Å². The summed E-state index contributed by atoms with van der Waals surface area (Å²) in [6.45, 7) is 0. The Morgan fingerprint density at radius 3 is 2.50 bits per heavy atom. The standard InChI is InChI=1S/C14H20O4/c1-18-14(17)13(16)6-4-2-3-5-11-7-9-12(15)10-8-11/h7-10,13,15-16H,2-6H2,1H3. The number of ether oxygens (including phenoxy) is 1. The number of aliphatic hydroxyl groups excluding tert-OH is 1. The van der Waals surface area contributed by atoms with Gasteiger partial charge in [0.25, 0.3) is 0 Å². The van der Waals surface area contributed by atoms with Crippen molar-refractivity contribution in [3.05, 3.63) is 29.8 Å². The van der Waals surface area contributed by atoms with Crippen LogP contribution in [0.1, 0.15) is 31.2 Å². The fourth-order valence-electron chi connectivity index (χ4n) is 1.76. The molecule has 0 bridgehead atoms. The quantitative estimate of drug-likeness (QED) is 0.575. The second-order valence-electron chi connectivity index (χ2n) is 4.30. The van der Waals surface area contributed by atoms with Crippen molar-refractivity contribution in [1.29, 1.82) is 0 Å². The van der Waals surface area contributed by atoms with Crippen molar-refractivity contribution in [2.45, 2.75) is 38.2 Å². The largest absolute Gasteiger partial charge is 0.508 e. The van der Waals surface area contributed by atoms with Gasteiger partial charge >= 0.3 is 5.97 Å². The summed E-state index contributed by atoms with van der Waals surface area (Å²) in [5, 5.41) is 18.5. The minimum Gasteiger partial charge on any atom is -0.508 e. The number of methoxy groups -OCH3 is 1. The number of benzene rings is 1. The van der Waals surface area contributed by atoms with Crippen LogP contribution in [0.15, 0.2) is 24.3 Å². The number of phenols is 1. The molecule has 0 aliphatic rings. The molecule has 0 spiro atoms. The van der Waals surface area contributed by atoms with Gasteiger partial charge < -0.3 is 14.9 Å². The summed E-state index contributed by atoms with van der Waals surface area (Å²) in [5.74, 6) is -0.284. The maximum atomic E-state index is 10.9. The lowest BCUT2D eigenvalue weighted by Crippen LogP contribution is -2.21. The molecular weight excluding hydrogens is 232 g/mol. The fraction of sp³-hybridized carbons (Fsp3) is 0.500. The van der Waals surface area contributed by atoms with E-state index in [-0.39, 0.29) is 5.75 Å². The number of unbranched alkanes of at least 4 members (excludes halogenated alkanes) is 2. The molecule has 0 radical (unpaired) electrons. The van der Waals surface area contributed by atoms with Crippen LogP contribution in [0.4, 0.5) is 0 Å². The van der Waals surface area contributed by atoms with E-state index in [4.69, 9.17) is 5.11 Å². The molecule has 0 aliphatic heterocycles. The molecule has 1 aromatic rings. The van der Waals surface area contributed by atoms with Gasteiger partial charge in [-0.3, -0.25) is 0 Å². The number of phenolic OH excluding ortho intramolecular Hbond substituents is 1. The molecule has 0 fully saturated rings. The van der Waals surface area contributed by atoms with Crippen LogP contribution in [0.2, 0.25) is 0 Å². The van der Waals surface area contributed by atoms with Crippen molar-refractivity contribution < 1.29 is 19.7 Å². The van der Waals surface area contributed by atoms with Crippen molar-refractivity contribution in [3.8, 4) is 5.75 Å². The van der Waals surface area contributed by atoms with Gasteiger partial charge in [0.1, 0.15) is 5.75 Å². The number of hydrogen-bond donors (Lipinski definition) is 2. The normalized spacial score (nSPS) is 12.1. The second-order valence-corrected chi connectivity index (χ2v) is 4.30. The molecule has 0 heterocycles. The third-order valence-electron chi connectivity index (χ3n) is 2.85. The van der Waals surface area contributed by atoms with Gasteiger partial charge in [-0.1, -0.05) is 25.0 Å². The van der Waals surface area contributed by atoms with Crippen LogP contribution in [0.3, 0.4) is 0 Å². The van der Waals surface area contributed by atoms with E-state index in [1.807, 2.05) is 12.1 Å². The number of esters is 1. The van der Waals surface area contributed by atoms with Gasteiger partial charge in [0.2, 0.25) is 0 Å². The molecule has 4 nitrogen and oxygen atoms in total. The molecule has 4 heteroatoms. The van der Waals surface area contributed by atoms with E-state index in [0.29, 0.717) is 6.42 Å². The molecule has 1 rings (SSSR count). The fourth-order valence-corrected chi connectivity index (χ4v) is 1.76.